The summed E-state index contributed by atoms with van der Waals surface area (Å²) < 4.78 is 12.4. The summed E-state index contributed by atoms with van der Waals surface area (Å²) in [5.74, 6) is 0.858. The van der Waals surface area contributed by atoms with Crippen molar-refractivity contribution in [3.63, 3.8) is 0 Å². The summed E-state index contributed by atoms with van der Waals surface area (Å²) in [5.41, 5.74) is 4.36. The molecule has 0 saturated carbocycles. The van der Waals surface area contributed by atoms with Gasteiger partial charge in [-0.3, -0.25) is 0 Å². The SMILES string of the molecule is COc1ccc2c(oc3c(C)c(C)ccc32)c1I. The molecule has 0 fully saturated rings. The average Bonchev–Trinajstić information content (AvgIpc) is 2.75. The van der Waals surface area contributed by atoms with Crippen molar-refractivity contribution in [2.45, 2.75) is 13.8 Å². The van der Waals surface area contributed by atoms with Crippen LogP contribution in [0.4, 0.5) is 0 Å². The highest BCUT2D eigenvalue weighted by molar-refractivity contribution is 14.1. The fourth-order valence-electron chi connectivity index (χ4n) is 2.24. The number of rotatable bonds is 1. The maximum absolute atomic E-state index is 6.05. The predicted molar refractivity (Wildman–Crippen MR) is 82.5 cm³/mol. The quantitative estimate of drug-likeness (QED) is 0.586. The molecule has 0 aliphatic carbocycles. The number of aryl methyl sites for hydroxylation is 2. The largest absolute Gasteiger partial charge is 0.496 e. The van der Waals surface area contributed by atoms with Gasteiger partial charge in [-0.25, -0.2) is 0 Å². The number of hydrogen-bond acceptors (Lipinski definition) is 2. The van der Waals surface area contributed by atoms with Crippen molar-refractivity contribution in [1.82, 2.24) is 0 Å². The first-order chi connectivity index (χ1) is 8.63. The van der Waals surface area contributed by atoms with Gasteiger partial charge in [-0.2, -0.15) is 0 Å². The minimum atomic E-state index is 0.858. The van der Waals surface area contributed by atoms with Crippen LogP contribution >= 0.6 is 22.6 Å². The van der Waals surface area contributed by atoms with E-state index in [-0.39, 0.29) is 0 Å². The molecule has 0 amide bonds. The number of furan rings is 1. The number of ether oxygens (including phenoxy) is 1. The van der Waals surface area contributed by atoms with E-state index >= 15 is 0 Å². The van der Waals surface area contributed by atoms with Crippen LogP contribution in [-0.4, -0.2) is 7.11 Å². The Bertz CT molecular complexity index is 756. The zero-order valence-electron chi connectivity index (χ0n) is 10.5. The van der Waals surface area contributed by atoms with Crippen molar-refractivity contribution in [1.29, 1.82) is 0 Å². The highest BCUT2D eigenvalue weighted by atomic mass is 127. The Kier molecular flexibility index (Phi) is 2.73. The lowest BCUT2D eigenvalue weighted by atomic mass is 10.1. The minimum Gasteiger partial charge on any atom is -0.496 e. The van der Waals surface area contributed by atoms with Crippen LogP contribution in [-0.2, 0) is 0 Å². The van der Waals surface area contributed by atoms with Crippen molar-refractivity contribution in [3.05, 3.63) is 39.0 Å². The molecular formula is C15H13IO2. The van der Waals surface area contributed by atoms with Crippen LogP contribution in [0.3, 0.4) is 0 Å². The van der Waals surface area contributed by atoms with Crippen molar-refractivity contribution in [3.8, 4) is 5.75 Å². The Labute approximate surface area is 119 Å². The molecule has 2 nitrogen and oxygen atoms in total. The molecule has 0 unspecified atom stereocenters. The fraction of sp³-hybridized carbons (Fsp3) is 0.200. The van der Waals surface area contributed by atoms with Crippen molar-refractivity contribution in [2.24, 2.45) is 0 Å². The highest BCUT2D eigenvalue weighted by Gasteiger charge is 2.14. The molecule has 0 N–H and O–H groups in total. The molecule has 1 heterocycles. The van der Waals surface area contributed by atoms with E-state index in [4.69, 9.17) is 9.15 Å². The van der Waals surface area contributed by atoms with Gasteiger partial charge in [0.25, 0.3) is 0 Å². The lowest BCUT2D eigenvalue weighted by molar-refractivity contribution is 0.411. The topological polar surface area (TPSA) is 22.4 Å². The van der Waals surface area contributed by atoms with Gasteiger partial charge in [0.15, 0.2) is 5.58 Å². The van der Waals surface area contributed by atoms with E-state index in [9.17, 15) is 0 Å². The van der Waals surface area contributed by atoms with Gasteiger partial charge < -0.3 is 9.15 Å². The van der Waals surface area contributed by atoms with Crippen LogP contribution in [0.1, 0.15) is 11.1 Å². The van der Waals surface area contributed by atoms with Gasteiger partial charge in [0.05, 0.1) is 10.7 Å². The van der Waals surface area contributed by atoms with Gasteiger partial charge in [0, 0.05) is 10.8 Å². The van der Waals surface area contributed by atoms with Crippen molar-refractivity contribution >= 4 is 44.5 Å². The van der Waals surface area contributed by atoms with E-state index in [1.165, 1.54) is 16.5 Å². The summed E-state index contributed by atoms with van der Waals surface area (Å²) in [7, 11) is 1.68. The molecular weight excluding hydrogens is 339 g/mol. The first kappa shape index (κ1) is 11.8. The summed E-state index contributed by atoms with van der Waals surface area (Å²) >= 11 is 2.28. The van der Waals surface area contributed by atoms with E-state index in [0.29, 0.717) is 0 Å². The van der Waals surface area contributed by atoms with Crippen molar-refractivity contribution < 1.29 is 9.15 Å². The fourth-order valence-corrected chi connectivity index (χ4v) is 3.04. The molecule has 18 heavy (non-hydrogen) atoms. The summed E-state index contributed by atoms with van der Waals surface area (Å²) in [6, 6.07) is 8.33. The van der Waals surface area contributed by atoms with E-state index in [2.05, 4.69) is 54.6 Å². The summed E-state index contributed by atoms with van der Waals surface area (Å²) in [4.78, 5) is 0. The third-order valence-corrected chi connectivity index (χ3v) is 4.47. The van der Waals surface area contributed by atoms with Crippen LogP contribution < -0.4 is 4.74 Å². The highest BCUT2D eigenvalue weighted by Crippen LogP contribution is 2.37. The predicted octanol–water partition coefficient (Wildman–Crippen LogP) is 4.82. The molecule has 0 spiro atoms. The molecule has 0 bridgehead atoms. The van der Waals surface area contributed by atoms with Gasteiger partial charge in [-0.1, -0.05) is 12.1 Å². The monoisotopic (exact) mass is 352 g/mol. The lowest BCUT2D eigenvalue weighted by Crippen LogP contribution is -1.85. The minimum absolute atomic E-state index is 0.858. The van der Waals surface area contributed by atoms with Crippen LogP contribution in [0, 0.1) is 17.4 Å². The van der Waals surface area contributed by atoms with Gasteiger partial charge in [0.1, 0.15) is 11.3 Å². The maximum atomic E-state index is 6.05. The van der Waals surface area contributed by atoms with Crippen LogP contribution in [0.25, 0.3) is 21.9 Å². The van der Waals surface area contributed by atoms with E-state index < -0.39 is 0 Å². The third kappa shape index (κ3) is 1.53. The van der Waals surface area contributed by atoms with Gasteiger partial charge in [-0.15, -0.1) is 0 Å². The molecule has 0 atom stereocenters. The lowest BCUT2D eigenvalue weighted by Gasteiger charge is -2.02. The third-order valence-electron chi connectivity index (χ3n) is 3.45. The zero-order valence-corrected chi connectivity index (χ0v) is 12.7. The second-order valence-corrected chi connectivity index (χ2v) is 5.52. The Morgan fingerprint density at radius 3 is 2.39 bits per heavy atom. The normalized spacial score (nSPS) is 11.3. The molecule has 0 aliphatic heterocycles. The van der Waals surface area contributed by atoms with Crippen LogP contribution in [0.2, 0.25) is 0 Å². The van der Waals surface area contributed by atoms with Crippen LogP contribution in [0.5, 0.6) is 5.75 Å². The van der Waals surface area contributed by atoms with Gasteiger partial charge in [-0.05, 0) is 59.7 Å². The standard InChI is InChI=1S/C15H13IO2/c1-8-4-5-10-11-6-7-12(17-3)13(16)15(11)18-14(10)9(8)2/h4-7H,1-3H3. The molecule has 3 aromatic rings. The number of benzene rings is 2. The smallest absolute Gasteiger partial charge is 0.152 e. The molecule has 3 rings (SSSR count). The zero-order chi connectivity index (χ0) is 12.9. The summed E-state index contributed by atoms with van der Waals surface area (Å²) in [5, 5.41) is 2.33. The summed E-state index contributed by atoms with van der Waals surface area (Å²) in [6.45, 7) is 4.21. The van der Waals surface area contributed by atoms with E-state index in [1.807, 2.05) is 6.07 Å². The van der Waals surface area contributed by atoms with Gasteiger partial charge >= 0.3 is 0 Å². The molecule has 3 heteroatoms. The Morgan fingerprint density at radius 2 is 1.67 bits per heavy atom. The number of halogens is 1. The molecule has 0 saturated heterocycles. The molecule has 0 radical (unpaired) electrons. The second-order valence-electron chi connectivity index (χ2n) is 4.44. The molecule has 92 valence electrons. The molecule has 2 aromatic carbocycles. The number of hydrogen-bond donors (Lipinski definition) is 0. The Morgan fingerprint density at radius 1 is 1.00 bits per heavy atom. The molecule has 1 aromatic heterocycles. The van der Waals surface area contributed by atoms with Crippen molar-refractivity contribution in [2.75, 3.05) is 7.11 Å². The van der Waals surface area contributed by atoms with Crippen LogP contribution in [0.15, 0.2) is 28.7 Å². The first-order valence-electron chi connectivity index (χ1n) is 5.78. The average molecular weight is 352 g/mol. The Balaban J connectivity index is 2.50. The van der Waals surface area contributed by atoms with Gasteiger partial charge in [0.2, 0.25) is 0 Å². The van der Waals surface area contributed by atoms with E-state index in [0.717, 1.165) is 25.9 Å². The van der Waals surface area contributed by atoms with E-state index in [1.54, 1.807) is 7.11 Å². The Hall–Kier alpha value is -1.23. The first-order valence-corrected chi connectivity index (χ1v) is 6.86. The summed E-state index contributed by atoms with van der Waals surface area (Å²) in [6.07, 6.45) is 0. The maximum Gasteiger partial charge on any atom is 0.152 e. The molecule has 0 aliphatic rings. The number of fused-ring (bicyclic) bond motifs is 3. The second kappa shape index (κ2) is 4.16. The number of methoxy groups -OCH3 is 1.